The molecule has 0 unspecified atom stereocenters. The van der Waals surface area contributed by atoms with Crippen LogP contribution in [0, 0.1) is 19.8 Å². The van der Waals surface area contributed by atoms with Crippen molar-refractivity contribution in [2.24, 2.45) is 5.92 Å². The number of aryl methyl sites for hydroxylation is 2. The zero-order chi connectivity index (χ0) is 32.6. The molecule has 236 valence electrons. The van der Waals surface area contributed by atoms with E-state index in [1.54, 1.807) is 30.3 Å². The summed E-state index contributed by atoms with van der Waals surface area (Å²) in [7, 11) is -4.14. The van der Waals surface area contributed by atoms with Gasteiger partial charge in [0.05, 0.1) is 10.6 Å². The Morgan fingerprint density at radius 2 is 1.40 bits per heavy atom. The van der Waals surface area contributed by atoms with Gasteiger partial charge in [0.1, 0.15) is 12.6 Å². The first kappa shape index (κ1) is 33.9. The van der Waals surface area contributed by atoms with Crippen molar-refractivity contribution >= 4 is 43.5 Å². The number of benzene rings is 4. The molecule has 4 aromatic carbocycles. The van der Waals surface area contributed by atoms with Crippen LogP contribution in [0.25, 0.3) is 0 Å². The molecule has 0 spiro atoms. The predicted octanol–water partition coefficient (Wildman–Crippen LogP) is 6.67. The fraction of sp³-hybridized carbons (Fsp3) is 0.278. The number of amides is 2. The summed E-state index contributed by atoms with van der Waals surface area (Å²) in [6, 6.07) is 29.8. The molecule has 0 fully saturated rings. The summed E-state index contributed by atoms with van der Waals surface area (Å²) in [4.78, 5) is 30.0. The minimum absolute atomic E-state index is 0.0750. The predicted molar refractivity (Wildman–Crippen MR) is 183 cm³/mol. The van der Waals surface area contributed by atoms with Gasteiger partial charge in [-0.25, -0.2) is 8.42 Å². The summed E-state index contributed by atoms with van der Waals surface area (Å²) in [5.41, 5.74) is 3.81. The standard InChI is InChI=1S/C36H40BrN3O4S/c1-26(2)23-38-36(42)34(22-29-12-7-5-8-13-29)39(24-30-14-11-15-31(37)21-30)35(41)25-40(32-19-27(3)18-28(4)20-32)45(43,44)33-16-9-6-10-17-33/h5-21,26,34H,22-25H2,1-4H3,(H,38,42)/t34-/m1/s1. The molecule has 4 rings (SSSR count). The van der Waals surface area contributed by atoms with Crippen LogP contribution in [-0.2, 0) is 32.6 Å². The molecular formula is C36H40BrN3O4S. The molecule has 0 bridgehead atoms. The Balaban J connectivity index is 1.82. The largest absolute Gasteiger partial charge is 0.354 e. The van der Waals surface area contributed by atoms with E-state index >= 15 is 0 Å². The molecule has 9 heteroatoms. The van der Waals surface area contributed by atoms with Crippen LogP contribution in [-0.4, -0.2) is 44.3 Å². The fourth-order valence-electron chi connectivity index (χ4n) is 5.15. The van der Waals surface area contributed by atoms with Gasteiger partial charge in [-0.15, -0.1) is 0 Å². The second-order valence-electron chi connectivity index (χ2n) is 11.7. The smallest absolute Gasteiger partial charge is 0.264 e. The number of nitrogens with one attached hydrogen (secondary N) is 1. The van der Waals surface area contributed by atoms with Gasteiger partial charge >= 0.3 is 0 Å². The fourth-order valence-corrected chi connectivity index (χ4v) is 7.02. The summed E-state index contributed by atoms with van der Waals surface area (Å²) in [5.74, 6) is -0.578. The van der Waals surface area contributed by atoms with Crippen LogP contribution in [0.2, 0.25) is 0 Å². The Morgan fingerprint density at radius 1 is 0.800 bits per heavy atom. The van der Waals surface area contributed by atoms with E-state index in [0.29, 0.717) is 12.2 Å². The molecule has 0 aromatic heterocycles. The van der Waals surface area contributed by atoms with Crippen molar-refractivity contribution in [3.8, 4) is 0 Å². The number of anilines is 1. The Hall–Kier alpha value is -3.95. The van der Waals surface area contributed by atoms with Gasteiger partial charge in [-0.2, -0.15) is 0 Å². The number of carbonyl (C=O) groups excluding carboxylic acids is 2. The molecule has 7 nitrogen and oxygen atoms in total. The van der Waals surface area contributed by atoms with Crippen LogP contribution in [0.15, 0.2) is 112 Å². The lowest BCUT2D eigenvalue weighted by molar-refractivity contribution is -0.140. The molecule has 4 aromatic rings. The van der Waals surface area contributed by atoms with Crippen LogP contribution >= 0.6 is 15.9 Å². The van der Waals surface area contributed by atoms with E-state index < -0.39 is 28.5 Å². The summed E-state index contributed by atoms with van der Waals surface area (Å²) in [6.07, 6.45) is 0.263. The van der Waals surface area contributed by atoms with Crippen molar-refractivity contribution in [3.05, 3.63) is 130 Å². The van der Waals surface area contributed by atoms with E-state index in [1.807, 2.05) is 88.4 Å². The van der Waals surface area contributed by atoms with E-state index in [-0.39, 0.29) is 29.7 Å². The minimum Gasteiger partial charge on any atom is -0.354 e. The van der Waals surface area contributed by atoms with E-state index in [9.17, 15) is 18.0 Å². The molecule has 0 saturated carbocycles. The van der Waals surface area contributed by atoms with Crippen LogP contribution in [0.4, 0.5) is 5.69 Å². The third kappa shape index (κ3) is 9.28. The second-order valence-corrected chi connectivity index (χ2v) is 14.4. The average molecular weight is 691 g/mol. The molecule has 0 aliphatic carbocycles. The topological polar surface area (TPSA) is 86.8 Å². The van der Waals surface area contributed by atoms with E-state index in [0.717, 1.165) is 31.0 Å². The molecule has 1 atom stereocenters. The number of halogens is 1. The first-order valence-electron chi connectivity index (χ1n) is 15.0. The Bertz CT molecular complexity index is 1690. The molecule has 0 radical (unpaired) electrons. The van der Waals surface area contributed by atoms with Crippen molar-refractivity contribution in [2.45, 2.75) is 51.6 Å². The van der Waals surface area contributed by atoms with Gasteiger partial charge in [-0.05, 0) is 78.4 Å². The Kier molecular flexibility index (Phi) is 11.6. The molecule has 0 saturated heterocycles. The minimum atomic E-state index is -4.14. The van der Waals surface area contributed by atoms with Gasteiger partial charge < -0.3 is 10.2 Å². The maximum Gasteiger partial charge on any atom is 0.264 e. The third-order valence-corrected chi connectivity index (χ3v) is 9.58. The Labute approximate surface area is 275 Å². The summed E-state index contributed by atoms with van der Waals surface area (Å²) in [5, 5.41) is 3.02. The van der Waals surface area contributed by atoms with Crippen LogP contribution < -0.4 is 9.62 Å². The van der Waals surface area contributed by atoms with Crippen LogP contribution in [0.3, 0.4) is 0 Å². The number of carbonyl (C=O) groups is 2. The molecule has 1 N–H and O–H groups in total. The lowest BCUT2D eigenvalue weighted by Gasteiger charge is -2.34. The monoisotopic (exact) mass is 689 g/mol. The summed E-state index contributed by atoms with van der Waals surface area (Å²) < 4.78 is 30.3. The first-order valence-corrected chi connectivity index (χ1v) is 17.2. The number of hydrogen-bond donors (Lipinski definition) is 1. The van der Waals surface area contributed by atoms with Gasteiger partial charge in [0.25, 0.3) is 10.0 Å². The number of rotatable bonds is 13. The van der Waals surface area contributed by atoms with Crippen molar-refractivity contribution in [1.82, 2.24) is 10.2 Å². The third-order valence-electron chi connectivity index (χ3n) is 7.30. The first-order chi connectivity index (χ1) is 21.4. The number of sulfonamides is 1. The second kappa shape index (κ2) is 15.4. The molecule has 45 heavy (non-hydrogen) atoms. The lowest BCUT2D eigenvalue weighted by Crippen LogP contribution is -2.53. The van der Waals surface area contributed by atoms with Crippen molar-refractivity contribution in [1.29, 1.82) is 0 Å². The maximum atomic E-state index is 14.6. The van der Waals surface area contributed by atoms with Gasteiger partial charge in [0.2, 0.25) is 11.8 Å². The van der Waals surface area contributed by atoms with Gasteiger partial charge in [0, 0.05) is 24.0 Å². The highest BCUT2D eigenvalue weighted by Gasteiger charge is 2.34. The maximum absolute atomic E-state index is 14.6. The highest BCUT2D eigenvalue weighted by atomic mass is 79.9. The highest BCUT2D eigenvalue weighted by Crippen LogP contribution is 2.27. The van der Waals surface area contributed by atoms with Gasteiger partial charge in [0.15, 0.2) is 0 Å². The summed E-state index contributed by atoms with van der Waals surface area (Å²) in [6.45, 7) is 7.86. The highest BCUT2D eigenvalue weighted by molar-refractivity contribution is 9.10. The van der Waals surface area contributed by atoms with Crippen molar-refractivity contribution in [2.75, 3.05) is 17.4 Å². The van der Waals surface area contributed by atoms with Gasteiger partial charge in [-0.1, -0.05) is 96.5 Å². The Morgan fingerprint density at radius 3 is 2.00 bits per heavy atom. The number of hydrogen-bond acceptors (Lipinski definition) is 4. The SMILES string of the molecule is Cc1cc(C)cc(N(CC(=O)N(Cc2cccc(Br)c2)[C@H](Cc2ccccc2)C(=O)NCC(C)C)S(=O)(=O)c2ccccc2)c1. The quantitative estimate of drug-likeness (QED) is 0.170. The molecule has 0 aliphatic heterocycles. The summed E-state index contributed by atoms with van der Waals surface area (Å²) >= 11 is 3.52. The number of nitrogens with zero attached hydrogens (tertiary/aromatic N) is 2. The van der Waals surface area contributed by atoms with Crippen LogP contribution in [0.5, 0.6) is 0 Å². The molecule has 0 heterocycles. The van der Waals surface area contributed by atoms with E-state index in [2.05, 4.69) is 21.2 Å². The zero-order valence-corrected chi connectivity index (χ0v) is 28.5. The van der Waals surface area contributed by atoms with Crippen LogP contribution in [0.1, 0.15) is 36.1 Å². The van der Waals surface area contributed by atoms with Gasteiger partial charge in [-0.3, -0.25) is 13.9 Å². The normalized spacial score (nSPS) is 12.0. The van der Waals surface area contributed by atoms with E-state index in [1.165, 1.54) is 17.0 Å². The molecular weight excluding hydrogens is 650 g/mol. The average Bonchev–Trinajstić information content (AvgIpc) is 3.00. The molecule has 2 amide bonds. The molecule has 0 aliphatic rings. The van der Waals surface area contributed by atoms with Crippen molar-refractivity contribution in [3.63, 3.8) is 0 Å². The lowest BCUT2D eigenvalue weighted by atomic mass is 10.0. The van der Waals surface area contributed by atoms with Crippen molar-refractivity contribution < 1.29 is 18.0 Å². The zero-order valence-electron chi connectivity index (χ0n) is 26.1. The van der Waals surface area contributed by atoms with E-state index in [4.69, 9.17) is 0 Å².